The second kappa shape index (κ2) is 9.99. The molecule has 0 spiro atoms. The van der Waals surface area contributed by atoms with Crippen molar-refractivity contribution in [2.45, 2.75) is 32.2 Å². The third-order valence-electron chi connectivity index (χ3n) is 6.30. The zero-order chi connectivity index (χ0) is 25.2. The molecule has 0 aromatic carbocycles. The highest BCUT2D eigenvalue weighted by atomic mass is 19.1. The number of allylic oxidation sites excluding steroid dienone is 8. The Morgan fingerprint density at radius 2 is 2.08 bits per heavy atom. The number of carbonyl (C=O) groups excluding carboxylic acids is 1. The van der Waals surface area contributed by atoms with Gasteiger partial charge in [0.25, 0.3) is 0 Å². The third-order valence-corrected chi connectivity index (χ3v) is 6.30. The lowest BCUT2D eigenvalue weighted by Gasteiger charge is -2.17. The number of anilines is 2. The lowest BCUT2D eigenvalue weighted by Crippen LogP contribution is -2.23. The van der Waals surface area contributed by atoms with E-state index in [1.807, 2.05) is 19.1 Å². The maximum atomic E-state index is 15.1. The van der Waals surface area contributed by atoms with Crippen molar-refractivity contribution in [3.63, 3.8) is 0 Å². The van der Waals surface area contributed by atoms with E-state index in [4.69, 9.17) is 4.74 Å². The number of ketones is 1. The number of aromatic nitrogens is 3. The fraction of sp³-hybridized carbons (Fsp3) is 0.286. The van der Waals surface area contributed by atoms with Crippen molar-refractivity contribution in [3.8, 4) is 0 Å². The van der Waals surface area contributed by atoms with E-state index in [-0.39, 0.29) is 11.6 Å². The van der Waals surface area contributed by atoms with Crippen LogP contribution in [0.3, 0.4) is 0 Å². The first-order valence-electron chi connectivity index (χ1n) is 12.0. The zero-order valence-corrected chi connectivity index (χ0v) is 20.3. The standard InChI is InChI=1S/C28H28FN5O2/c1-16-12-19(18-4-5-18)6-7-20(13-16)33-24-11-9-22(27(29)34-24)26(35)21-8-10-23-25(21)28(31-15-30-23)32-17(2)14-36-3/h6-9,11-13,15,17-18H,1,4-5,10,14H2,2-3H3,(H,33,34)(H,30,31,32)/t17-/m1/s1. The number of methoxy groups -OCH3 is 1. The van der Waals surface area contributed by atoms with E-state index in [2.05, 4.69) is 44.3 Å². The maximum Gasteiger partial charge on any atom is 0.226 e. The van der Waals surface area contributed by atoms with E-state index in [0.29, 0.717) is 41.7 Å². The van der Waals surface area contributed by atoms with Crippen molar-refractivity contribution in [1.82, 2.24) is 15.0 Å². The van der Waals surface area contributed by atoms with Gasteiger partial charge in [0, 0.05) is 36.4 Å². The molecule has 0 radical (unpaired) electrons. The Morgan fingerprint density at radius 1 is 1.25 bits per heavy atom. The topological polar surface area (TPSA) is 89.0 Å². The second-order valence-electron chi connectivity index (χ2n) is 9.28. The number of carbonyl (C=O) groups is 1. The van der Waals surface area contributed by atoms with E-state index < -0.39 is 11.7 Å². The van der Waals surface area contributed by atoms with Crippen molar-refractivity contribution >= 4 is 23.0 Å². The molecule has 2 N–H and O–H groups in total. The summed E-state index contributed by atoms with van der Waals surface area (Å²) in [6, 6.07) is 3.03. The molecule has 0 bridgehead atoms. The lowest BCUT2D eigenvalue weighted by molar-refractivity contribution is 0.105. The molecule has 184 valence electrons. The molecule has 2 heterocycles. The summed E-state index contributed by atoms with van der Waals surface area (Å²) >= 11 is 0. The number of hydrogen-bond acceptors (Lipinski definition) is 7. The molecule has 1 fully saturated rings. The first kappa shape index (κ1) is 23.8. The molecule has 1 atom stereocenters. The van der Waals surface area contributed by atoms with Crippen LogP contribution in [0.5, 0.6) is 0 Å². The predicted octanol–water partition coefficient (Wildman–Crippen LogP) is 5.04. The van der Waals surface area contributed by atoms with Gasteiger partial charge in [-0.2, -0.15) is 4.39 Å². The van der Waals surface area contributed by atoms with Gasteiger partial charge in [-0.15, -0.1) is 0 Å². The highest BCUT2D eigenvalue weighted by Crippen LogP contribution is 2.38. The van der Waals surface area contributed by atoms with Crippen LogP contribution < -0.4 is 10.6 Å². The summed E-state index contributed by atoms with van der Waals surface area (Å²) in [6.45, 7) is 6.50. The first-order valence-corrected chi connectivity index (χ1v) is 12.0. The van der Waals surface area contributed by atoms with Gasteiger partial charge >= 0.3 is 0 Å². The summed E-state index contributed by atoms with van der Waals surface area (Å²) < 4.78 is 20.3. The summed E-state index contributed by atoms with van der Waals surface area (Å²) in [5, 5.41) is 6.39. The van der Waals surface area contributed by atoms with Gasteiger partial charge in [-0.1, -0.05) is 24.8 Å². The first-order chi connectivity index (χ1) is 17.4. The largest absolute Gasteiger partial charge is 0.383 e. The molecule has 3 aliphatic rings. The zero-order valence-electron chi connectivity index (χ0n) is 20.3. The number of nitrogens with one attached hydrogen (secondary N) is 2. The SMILES string of the molecule is C=C1C=C(Nc2ccc(C(=O)C3=CCc4ncnc(N[C@H](C)COC)c43)c(F)n2)C=CC(C2CC2)=C1. The smallest absolute Gasteiger partial charge is 0.226 e. The molecule has 0 unspecified atom stereocenters. The van der Waals surface area contributed by atoms with Crippen LogP contribution in [-0.2, 0) is 11.2 Å². The van der Waals surface area contributed by atoms with Crippen molar-refractivity contribution < 1.29 is 13.9 Å². The highest BCUT2D eigenvalue weighted by Gasteiger charge is 2.29. The summed E-state index contributed by atoms with van der Waals surface area (Å²) in [6.07, 6.45) is 14.1. The number of fused-ring (bicyclic) bond motifs is 1. The normalized spacial score (nSPS) is 17.5. The Hall–Kier alpha value is -3.91. The Labute approximate surface area is 209 Å². The molecule has 1 saturated carbocycles. The van der Waals surface area contributed by atoms with Gasteiger partial charge in [0.15, 0.2) is 5.78 Å². The van der Waals surface area contributed by atoms with Crippen LogP contribution in [0.15, 0.2) is 72.3 Å². The van der Waals surface area contributed by atoms with E-state index >= 15 is 4.39 Å². The van der Waals surface area contributed by atoms with Gasteiger partial charge < -0.3 is 15.4 Å². The van der Waals surface area contributed by atoms with Gasteiger partial charge in [0.1, 0.15) is 18.0 Å². The summed E-state index contributed by atoms with van der Waals surface area (Å²) in [4.78, 5) is 26.0. The molecule has 8 heteroatoms. The third kappa shape index (κ3) is 5.04. The average Bonchev–Trinajstić information content (AvgIpc) is 3.62. The van der Waals surface area contributed by atoms with Crippen molar-refractivity contribution in [3.05, 3.63) is 95.0 Å². The van der Waals surface area contributed by atoms with Gasteiger partial charge in [0.2, 0.25) is 5.95 Å². The Morgan fingerprint density at radius 3 is 2.83 bits per heavy atom. The number of hydrogen-bond donors (Lipinski definition) is 2. The number of rotatable bonds is 9. The van der Waals surface area contributed by atoms with Gasteiger partial charge in [0.05, 0.1) is 17.9 Å². The van der Waals surface area contributed by atoms with E-state index in [9.17, 15) is 4.79 Å². The van der Waals surface area contributed by atoms with E-state index in [1.165, 1.54) is 30.8 Å². The number of pyridine rings is 1. The Bertz CT molecular complexity index is 1350. The maximum absolute atomic E-state index is 15.1. The van der Waals surface area contributed by atoms with E-state index in [0.717, 1.165) is 17.0 Å². The molecule has 36 heavy (non-hydrogen) atoms. The lowest BCUT2D eigenvalue weighted by atomic mass is 10.0. The fourth-order valence-corrected chi connectivity index (χ4v) is 4.45. The number of halogens is 1. The van der Waals surface area contributed by atoms with E-state index in [1.54, 1.807) is 19.3 Å². The Kier molecular flexibility index (Phi) is 6.61. The molecule has 2 aromatic heterocycles. The minimum absolute atomic E-state index is 0.0336. The fourth-order valence-electron chi connectivity index (χ4n) is 4.45. The van der Waals surface area contributed by atoms with Crippen LogP contribution in [0, 0.1) is 11.9 Å². The number of ether oxygens (including phenoxy) is 1. The Balaban J connectivity index is 1.34. The van der Waals surface area contributed by atoms with Crippen molar-refractivity contribution in [1.29, 1.82) is 0 Å². The van der Waals surface area contributed by atoms with Gasteiger partial charge in [-0.05, 0) is 61.1 Å². The summed E-state index contributed by atoms with van der Waals surface area (Å²) in [5.41, 5.74) is 4.46. The molecule has 0 saturated heterocycles. The van der Waals surface area contributed by atoms with Crippen LogP contribution in [0.1, 0.15) is 41.4 Å². The average molecular weight is 486 g/mol. The van der Waals surface area contributed by atoms with Crippen LogP contribution in [-0.4, -0.2) is 40.5 Å². The highest BCUT2D eigenvalue weighted by molar-refractivity contribution is 6.30. The summed E-state index contributed by atoms with van der Waals surface area (Å²) in [7, 11) is 1.62. The second-order valence-corrected chi connectivity index (χ2v) is 9.28. The molecule has 0 amide bonds. The van der Waals surface area contributed by atoms with Gasteiger partial charge in [-0.25, -0.2) is 15.0 Å². The molecule has 7 nitrogen and oxygen atoms in total. The molecule has 0 aliphatic heterocycles. The van der Waals surface area contributed by atoms with Crippen molar-refractivity contribution in [2.75, 3.05) is 24.4 Å². The minimum Gasteiger partial charge on any atom is -0.383 e. The van der Waals surface area contributed by atoms with Crippen LogP contribution in [0.2, 0.25) is 0 Å². The molecular formula is C28H28FN5O2. The van der Waals surface area contributed by atoms with Crippen LogP contribution in [0.25, 0.3) is 5.57 Å². The quantitative estimate of drug-likeness (QED) is 0.380. The molecule has 5 rings (SSSR count). The summed E-state index contributed by atoms with van der Waals surface area (Å²) in [5.74, 6) is 0.142. The van der Waals surface area contributed by atoms with Crippen LogP contribution >= 0.6 is 0 Å². The molecule has 2 aromatic rings. The minimum atomic E-state index is -0.840. The molecule has 3 aliphatic carbocycles. The van der Waals surface area contributed by atoms with Crippen molar-refractivity contribution in [2.24, 2.45) is 5.92 Å². The predicted molar refractivity (Wildman–Crippen MR) is 138 cm³/mol. The van der Waals surface area contributed by atoms with Gasteiger partial charge in [-0.3, -0.25) is 4.79 Å². The monoisotopic (exact) mass is 485 g/mol. The molecular weight excluding hydrogens is 457 g/mol. The number of Topliss-reactive ketones (excluding diaryl/α,β-unsaturated/α-hetero) is 1. The van der Waals surface area contributed by atoms with Crippen LogP contribution in [0.4, 0.5) is 16.0 Å². The number of nitrogens with zero attached hydrogens (tertiary/aromatic N) is 3.